The summed E-state index contributed by atoms with van der Waals surface area (Å²) in [5.41, 5.74) is 2.10. The molecule has 3 heterocycles. The van der Waals surface area contributed by atoms with Gasteiger partial charge in [0.15, 0.2) is 0 Å². The van der Waals surface area contributed by atoms with E-state index in [1.54, 1.807) is 6.07 Å². The highest BCUT2D eigenvalue weighted by Crippen LogP contribution is 2.29. The molecule has 0 radical (unpaired) electrons. The summed E-state index contributed by atoms with van der Waals surface area (Å²) in [6.45, 7) is 2.17. The molecule has 0 aliphatic carbocycles. The first-order chi connectivity index (χ1) is 13.5. The Morgan fingerprint density at radius 3 is 2.68 bits per heavy atom. The van der Waals surface area contributed by atoms with Gasteiger partial charge in [-0.2, -0.15) is 0 Å². The maximum atomic E-state index is 12.8. The lowest BCUT2D eigenvalue weighted by Gasteiger charge is -2.29. The van der Waals surface area contributed by atoms with Gasteiger partial charge in [0.1, 0.15) is 6.04 Å². The highest BCUT2D eigenvalue weighted by molar-refractivity contribution is 6.05. The summed E-state index contributed by atoms with van der Waals surface area (Å²) >= 11 is 0. The summed E-state index contributed by atoms with van der Waals surface area (Å²) in [5.74, 6) is -0.856. The summed E-state index contributed by atoms with van der Waals surface area (Å²) < 4.78 is 0. The summed E-state index contributed by atoms with van der Waals surface area (Å²) in [6.07, 6.45) is 3.86. The zero-order chi connectivity index (χ0) is 19.7. The van der Waals surface area contributed by atoms with Gasteiger partial charge in [-0.25, -0.2) is 0 Å². The second-order valence-corrected chi connectivity index (χ2v) is 7.57. The van der Waals surface area contributed by atoms with Crippen LogP contribution in [-0.2, 0) is 20.9 Å². The fraction of sp³-hybridized carbons (Fsp3) is 0.500. The van der Waals surface area contributed by atoms with E-state index in [1.807, 2.05) is 17.0 Å². The van der Waals surface area contributed by atoms with Gasteiger partial charge in [0, 0.05) is 37.3 Å². The molecule has 28 heavy (non-hydrogen) atoms. The van der Waals surface area contributed by atoms with E-state index in [2.05, 4.69) is 10.6 Å². The van der Waals surface area contributed by atoms with Crippen LogP contribution in [0.2, 0.25) is 0 Å². The molecule has 8 nitrogen and oxygen atoms in total. The topological polar surface area (TPSA) is 98.8 Å². The van der Waals surface area contributed by atoms with Gasteiger partial charge in [-0.15, -0.1) is 0 Å². The van der Waals surface area contributed by atoms with Crippen molar-refractivity contribution < 1.29 is 19.2 Å². The molecule has 1 aromatic carbocycles. The first kappa shape index (κ1) is 18.5. The third-order valence-corrected chi connectivity index (χ3v) is 5.68. The minimum atomic E-state index is -0.616. The molecular weight excluding hydrogens is 360 g/mol. The SMILES string of the molecule is O=C1CCC(N2Cc3ccc(NCC(=O)N4CCCCC4)cc3C2=O)C(=O)N1. The first-order valence-corrected chi connectivity index (χ1v) is 9.82. The maximum absolute atomic E-state index is 12.8. The quantitative estimate of drug-likeness (QED) is 0.751. The Balaban J connectivity index is 1.40. The molecule has 0 aromatic heterocycles. The summed E-state index contributed by atoms with van der Waals surface area (Å²) in [7, 11) is 0. The van der Waals surface area contributed by atoms with Crippen LogP contribution < -0.4 is 10.6 Å². The molecule has 0 saturated carbocycles. The number of nitrogens with one attached hydrogen (secondary N) is 2. The Labute approximate surface area is 163 Å². The minimum Gasteiger partial charge on any atom is -0.376 e. The number of carbonyl (C=O) groups is 4. The monoisotopic (exact) mass is 384 g/mol. The molecule has 4 rings (SSSR count). The van der Waals surface area contributed by atoms with Crippen LogP contribution in [0.25, 0.3) is 0 Å². The van der Waals surface area contributed by atoms with Crippen molar-refractivity contribution in [2.24, 2.45) is 0 Å². The van der Waals surface area contributed by atoms with Crippen LogP contribution in [0.15, 0.2) is 18.2 Å². The number of rotatable bonds is 4. The first-order valence-electron chi connectivity index (χ1n) is 9.82. The molecule has 8 heteroatoms. The van der Waals surface area contributed by atoms with Crippen LogP contribution >= 0.6 is 0 Å². The fourth-order valence-corrected chi connectivity index (χ4v) is 4.10. The normalized spacial score (nSPS) is 22.1. The van der Waals surface area contributed by atoms with Crippen molar-refractivity contribution in [3.63, 3.8) is 0 Å². The summed E-state index contributed by atoms with van der Waals surface area (Å²) in [4.78, 5) is 52.0. The lowest BCUT2D eigenvalue weighted by atomic mass is 10.0. The molecule has 1 aromatic rings. The van der Waals surface area contributed by atoms with Gasteiger partial charge < -0.3 is 15.1 Å². The lowest BCUT2D eigenvalue weighted by Crippen LogP contribution is -2.52. The number of nitrogens with zero attached hydrogens (tertiary/aromatic N) is 2. The molecule has 0 spiro atoms. The van der Waals surface area contributed by atoms with Crippen molar-refractivity contribution in [3.05, 3.63) is 29.3 Å². The molecule has 2 saturated heterocycles. The zero-order valence-corrected chi connectivity index (χ0v) is 15.7. The van der Waals surface area contributed by atoms with Crippen molar-refractivity contribution in [3.8, 4) is 0 Å². The van der Waals surface area contributed by atoms with Crippen LogP contribution in [0, 0.1) is 0 Å². The molecular formula is C20H24N4O4. The highest BCUT2D eigenvalue weighted by atomic mass is 16.2. The largest absolute Gasteiger partial charge is 0.376 e. The average Bonchev–Trinajstić information content (AvgIpc) is 3.03. The highest BCUT2D eigenvalue weighted by Gasteiger charge is 2.39. The number of piperidine rings is 2. The summed E-state index contributed by atoms with van der Waals surface area (Å²) in [5, 5.41) is 5.42. The standard InChI is InChI=1S/C20H24N4O4/c25-17-7-6-16(19(27)22-17)24-12-13-4-5-14(10-15(13)20(24)28)21-11-18(26)23-8-2-1-3-9-23/h4-5,10,16,21H,1-3,6-9,11-12H2,(H,22,25,27). The van der Waals surface area contributed by atoms with Crippen LogP contribution in [0.5, 0.6) is 0 Å². The van der Waals surface area contributed by atoms with E-state index < -0.39 is 11.9 Å². The molecule has 1 atom stereocenters. The molecule has 1 unspecified atom stereocenters. The van der Waals surface area contributed by atoms with Crippen molar-refractivity contribution >= 4 is 29.3 Å². The minimum absolute atomic E-state index is 0.0664. The Morgan fingerprint density at radius 1 is 1.14 bits per heavy atom. The van der Waals surface area contributed by atoms with Gasteiger partial charge in [-0.05, 0) is 43.4 Å². The van der Waals surface area contributed by atoms with E-state index >= 15 is 0 Å². The van der Waals surface area contributed by atoms with E-state index in [0.717, 1.165) is 31.5 Å². The smallest absolute Gasteiger partial charge is 0.255 e. The molecule has 3 aliphatic heterocycles. The Morgan fingerprint density at radius 2 is 1.93 bits per heavy atom. The number of carbonyl (C=O) groups excluding carboxylic acids is 4. The number of fused-ring (bicyclic) bond motifs is 1. The second-order valence-electron chi connectivity index (χ2n) is 7.57. The number of likely N-dealkylation sites (tertiary alicyclic amines) is 1. The lowest BCUT2D eigenvalue weighted by molar-refractivity contribution is -0.137. The van der Waals surface area contributed by atoms with Gasteiger partial charge in [-0.3, -0.25) is 24.5 Å². The van der Waals surface area contributed by atoms with Crippen molar-refractivity contribution in [1.82, 2.24) is 15.1 Å². The Bertz CT molecular complexity index is 831. The van der Waals surface area contributed by atoms with Crippen molar-refractivity contribution in [1.29, 1.82) is 0 Å². The molecule has 4 amide bonds. The van der Waals surface area contributed by atoms with Gasteiger partial charge in [0.05, 0.1) is 6.54 Å². The van der Waals surface area contributed by atoms with E-state index in [1.165, 1.54) is 11.3 Å². The summed E-state index contributed by atoms with van der Waals surface area (Å²) in [6, 6.07) is 4.83. The van der Waals surface area contributed by atoms with Crippen LogP contribution in [0.4, 0.5) is 5.69 Å². The van der Waals surface area contributed by atoms with E-state index in [4.69, 9.17) is 0 Å². The van der Waals surface area contributed by atoms with Crippen LogP contribution in [-0.4, -0.2) is 59.1 Å². The number of imide groups is 1. The third kappa shape index (κ3) is 3.58. The Hall–Kier alpha value is -2.90. The van der Waals surface area contributed by atoms with Gasteiger partial charge in [-0.1, -0.05) is 6.07 Å². The second kappa shape index (κ2) is 7.61. The van der Waals surface area contributed by atoms with Gasteiger partial charge >= 0.3 is 0 Å². The van der Waals surface area contributed by atoms with Crippen molar-refractivity contribution in [2.45, 2.75) is 44.7 Å². The van der Waals surface area contributed by atoms with Gasteiger partial charge in [0.2, 0.25) is 17.7 Å². The van der Waals surface area contributed by atoms with E-state index in [-0.39, 0.29) is 30.7 Å². The van der Waals surface area contributed by atoms with Crippen LogP contribution in [0.3, 0.4) is 0 Å². The predicted octanol–water partition coefficient (Wildman–Crippen LogP) is 0.872. The molecule has 0 bridgehead atoms. The third-order valence-electron chi connectivity index (χ3n) is 5.68. The number of amides is 4. The molecule has 2 N–H and O–H groups in total. The molecule has 148 valence electrons. The molecule has 3 aliphatic rings. The molecule has 2 fully saturated rings. The number of benzene rings is 1. The number of anilines is 1. The van der Waals surface area contributed by atoms with Gasteiger partial charge in [0.25, 0.3) is 5.91 Å². The Kier molecular flexibility index (Phi) is 5.02. The van der Waals surface area contributed by atoms with Crippen LogP contribution in [0.1, 0.15) is 48.0 Å². The fourth-order valence-electron chi connectivity index (χ4n) is 4.10. The zero-order valence-electron chi connectivity index (χ0n) is 15.7. The van der Waals surface area contributed by atoms with E-state index in [0.29, 0.717) is 24.2 Å². The average molecular weight is 384 g/mol. The number of hydrogen-bond acceptors (Lipinski definition) is 5. The number of hydrogen-bond donors (Lipinski definition) is 2. The maximum Gasteiger partial charge on any atom is 0.255 e. The van der Waals surface area contributed by atoms with E-state index in [9.17, 15) is 19.2 Å². The predicted molar refractivity (Wildman–Crippen MR) is 101 cm³/mol. The van der Waals surface area contributed by atoms with Crippen molar-refractivity contribution in [2.75, 3.05) is 25.0 Å².